The molecule has 168 valence electrons. The van der Waals surface area contributed by atoms with Crippen molar-refractivity contribution in [3.63, 3.8) is 0 Å². The highest BCUT2D eigenvalue weighted by atomic mass is 19.4. The third-order valence-electron chi connectivity index (χ3n) is 6.20. The van der Waals surface area contributed by atoms with Gasteiger partial charge in [0.05, 0.1) is 11.2 Å². The van der Waals surface area contributed by atoms with E-state index in [1.165, 1.54) is 30.3 Å². The summed E-state index contributed by atoms with van der Waals surface area (Å²) in [6.45, 7) is 3.74. The zero-order chi connectivity index (χ0) is 22.6. The molecule has 0 spiro atoms. The number of benzene rings is 2. The molecule has 3 rings (SSSR count). The molecule has 2 aromatic carbocycles. The summed E-state index contributed by atoms with van der Waals surface area (Å²) in [5.41, 5.74) is -1.32. The van der Waals surface area contributed by atoms with Crippen molar-refractivity contribution in [3.8, 4) is 0 Å². The number of rotatable bonds is 7. The second kappa shape index (κ2) is 9.49. The minimum absolute atomic E-state index is 0.0256. The first kappa shape index (κ1) is 23.4. The molecule has 0 radical (unpaired) electrons. The molecule has 0 amide bonds. The number of piperidine rings is 1. The molecule has 1 unspecified atom stereocenters. The summed E-state index contributed by atoms with van der Waals surface area (Å²) in [4.78, 5) is 14.4. The number of likely N-dealkylation sites (tertiary alicyclic amines) is 1. The number of alkyl halides is 3. The van der Waals surface area contributed by atoms with Crippen molar-refractivity contribution in [2.24, 2.45) is 5.92 Å². The van der Waals surface area contributed by atoms with Crippen LogP contribution in [-0.4, -0.2) is 35.4 Å². The number of nitrogens with zero attached hydrogens (tertiary/aromatic N) is 1. The van der Waals surface area contributed by atoms with Crippen LogP contribution in [0.2, 0.25) is 0 Å². The van der Waals surface area contributed by atoms with Gasteiger partial charge >= 0.3 is 6.18 Å². The molecule has 0 aliphatic carbocycles. The van der Waals surface area contributed by atoms with Gasteiger partial charge in [0.1, 0.15) is 5.82 Å². The number of halogens is 4. The van der Waals surface area contributed by atoms with Crippen LogP contribution >= 0.6 is 0 Å². The van der Waals surface area contributed by atoms with E-state index < -0.39 is 17.3 Å². The molecule has 1 N–H and O–H groups in total. The highest BCUT2D eigenvalue weighted by molar-refractivity contribution is 5.95. The van der Waals surface area contributed by atoms with E-state index in [0.717, 1.165) is 18.7 Å². The van der Waals surface area contributed by atoms with Crippen molar-refractivity contribution >= 4 is 5.78 Å². The van der Waals surface area contributed by atoms with Crippen LogP contribution in [-0.2, 0) is 11.8 Å². The third-order valence-corrected chi connectivity index (χ3v) is 6.20. The first-order valence-electron chi connectivity index (χ1n) is 10.5. The lowest BCUT2D eigenvalue weighted by Crippen LogP contribution is -2.42. The van der Waals surface area contributed by atoms with Crippen molar-refractivity contribution in [3.05, 3.63) is 71.0 Å². The van der Waals surface area contributed by atoms with Crippen LogP contribution < -0.4 is 0 Å². The number of hydrogen-bond donors (Lipinski definition) is 1. The fourth-order valence-electron chi connectivity index (χ4n) is 4.21. The Morgan fingerprint density at radius 3 is 2.29 bits per heavy atom. The van der Waals surface area contributed by atoms with Gasteiger partial charge in [0.25, 0.3) is 0 Å². The van der Waals surface area contributed by atoms with E-state index >= 15 is 0 Å². The maximum absolute atomic E-state index is 13.0. The SMILES string of the molecule is CC(O)(c1cccc(C(F)(F)F)c1)C1CCN(CCCC(=O)c2ccc(F)cc2)CC1. The van der Waals surface area contributed by atoms with E-state index in [9.17, 15) is 27.5 Å². The molecule has 2 aromatic rings. The number of carbonyl (C=O) groups is 1. The predicted octanol–water partition coefficient (Wildman–Crippen LogP) is 5.43. The predicted molar refractivity (Wildman–Crippen MR) is 110 cm³/mol. The lowest BCUT2D eigenvalue weighted by atomic mass is 9.77. The van der Waals surface area contributed by atoms with E-state index in [1.54, 1.807) is 13.0 Å². The van der Waals surface area contributed by atoms with Crippen LogP contribution in [0.1, 0.15) is 54.1 Å². The normalized spacial score (nSPS) is 18.0. The molecule has 0 saturated carbocycles. The van der Waals surface area contributed by atoms with Crippen molar-refractivity contribution in [1.82, 2.24) is 4.90 Å². The van der Waals surface area contributed by atoms with Crippen LogP contribution in [0.4, 0.5) is 17.6 Å². The molecular formula is C24H27F4NO2. The maximum atomic E-state index is 13.0. The summed E-state index contributed by atoms with van der Waals surface area (Å²) in [5.74, 6) is -0.545. The largest absolute Gasteiger partial charge is 0.416 e. The summed E-state index contributed by atoms with van der Waals surface area (Å²) >= 11 is 0. The summed E-state index contributed by atoms with van der Waals surface area (Å²) in [6.07, 6.45) is -2.08. The second-order valence-corrected chi connectivity index (χ2v) is 8.38. The van der Waals surface area contributed by atoms with Gasteiger partial charge in [-0.15, -0.1) is 0 Å². The van der Waals surface area contributed by atoms with E-state index in [2.05, 4.69) is 4.90 Å². The van der Waals surface area contributed by atoms with Gasteiger partial charge in [0, 0.05) is 12.0 Å². The monoisotopic (exact) mass is 437 g/mol. The summed E-state index contributed by atoms with van der Waals surface area (Å²) in [7, 11) is 0. The number of Topliss-reactive ketones (excluding diaryl/α,β-unsaturated/α-hetero) is 1. The molecule has 31 heavy (non-hydrogen) atoms. The Labute approximate surface area is 179 Å². The van der Waals surface area contributed by atoms with Crippen molar-refractivity contribution in [2.75, 3.05) is 19.6 Å². The molecular weight excluding hydrogens is 410 g/mol. The van der Waals surface area contributed by atoms with Crippen LogP contribution in [0.25, 0.3) is 0 Å². The Morgan fingerprint density at radius 2 is 1.68 bits per heavy atom. The van der Waals surface area contributed by atoms with Gasteiger partial charge in [-0.05, 0) is 93.7 Å². The second-order valence-electron chi connectivity index (χ2n) is 8.38. The summed E-state index contributed by atoms with van der Waals surface area (Å²) in [5, 5.41) is 11.0. The topological polar surface area (TPSA) is 40.5 Å². The molecule has 1 heterocycles. The van der Waals surface area contributed by atoms with Crippen LogP contribution in [0.3, 0.4) is 0 Å². The van der Waals surface area contributed by atoms with Crippen LogP contribution in [0, 0.1) is 11.7 Å². The number of carbonyl (C=O) groups excluding carboxylic acids is 1. The zero-order valence-electron chi connectivity index (χ0n) is 17.5. The fraction of sp³-hybridized carbons (Fsp3) is 0.458. The standard InChI is InChI=1S/C24H27F4NO2/c1-23(31,19-4-2-5-20(16-19)24(26,27)28)18-11-14-29(15-12-18)13-3-6-22(30)17-7-9-21(25)10-8-17/h2,4-5,7-10,16,18,31H,3,6,11-15H2,1H3. The molecule has 0 aromatic heterocycles. The van der Waals surface area contributed by atoms with E-state index in [4.69, 9.17) is 0 Å². The molecule has 1 atom stereocenters. The quantitative estimate of drug-likeness (QED) is 0.464. The Morgan fingerprint density at radius 1 is 1.06 bits per heavy atom. The van der Waals surface area contributed by atoms with Crippen molar-refractivity contribution in [2.45, 2.75) is 44.4 Å². The Kier molecular flexibility index (Phi) is 7.17. The number of aliphatic hydroxyl groups is 1. The molecule has 7 heteroatoms. The fourth-order valence-corrected chi connectivity index (χ4v) is 4.21. The van der Waals surface area contributed by atoms with Gasteiger partial charge in [-0.1, -0.05) is 12.1 Å². The molecule has 0 bridgehead atoms. The first-order chi connectivity index (χ1) is 14.6. The molecule has 1 fully saturated rings. The Bertz CT molecular complexity index is 885. The van der Waals surface area contributed by atoms with E-state index in [0.29, 0.717) is 44.3 Å². The molecule has 1 aliphatic rings. The minimum Gasteiger partial charge on any atom is -0.385 e. The first-order valence-corrected chi connectivity index (χ1v) is 10.5. The Hall–Kier alpha value is -2.25. The summed E-state index contributed by atoms with van der Waals surface area (Å²) < 4.78 is 52.0. The lowest BCUT2D eigenvalue weighted by molar-refractivity contribution is -0.137. The van der Waals surface area contributed by atoms with Crippen LogP contribution in [0.15, 0.2) is 48.5 Å². The molecule has 1 aliphatic heterocycles. The average Bonchev–Trinajstić information content (AvgIpc) is 2.74. The van der Waals surface area contributed by atoms with Gasteiger partial charge in [-0.25, -0.2) is 4.39 Å². The van der Waals surface area contributed by atoms with Gasteiger partial charge in [0.15, 0.2) is 5.78 Å². The van der Waals surface area contributed by atoms with Crippen LogP contribution in [0.5, 0.6) is 0 Å². The zero-order valence-corrected chi connectivity index (χ0v) is 17.5. The highest BCUT2D eigenvalue weighted by Crippen LogP contribution is 2.38. The smallest absolute Gasteiger partial charge is 0.385 e. The Balaban J connectivity index is 1.50. The van der Waals surface area contributed by atoms with E-state index in [-0.39, 0.29) is 23.1 Å². The summed E-state index contributed by atoms with van der Waals surface area (Å²) in [6, 6.07) is 10.4. The van der Waals surface area contributed by atoms with Crippen molar-refractivity contribution < 1.29 is 27.5 Å². The number of hydrogen-bond acceptors (Lipinski definition) is 3. The van der Waals surface area contributed by atoms with Gasteiger partial charge in [-0.2, -0.15) is 13.2 Å². The highest BCUT2D eigenvalue weighted by Gasteiger charge is 2.38. The van der Waals surface area contributed by atoms with Crippen molar-refractivity contribution in [1.29, 1.82) is 0 Å². The molecule has 3 nitrogen and oxygen atoms in total. The number of ketones is 1. The van der Waals surface area contributed by atoms with E-state index in [1.807, 2.05) is 0 Å². The third kappa shape index (κ3) is 5.92. The average molecular weight is 437 g/mol. The van der Waals surface area contributed by atoms with Gasteiger partial charge in [0.2, 0.25) is 0 Å². The maximum Gasteiger partial charge on any atom is 0.416 e. The van der Waals surface area contributed by atoms with Gasteiger partial charge in [-0.3, -0.25) is 4.79 Å². The lowest BCUT2D eigenvalue weighted by Gasteiger charge is -2.40. The van der Waals surface area contributed by atoms with Gasteiger partial charge < -0.3 is 10.0 Å². The molecule has 1 saturated heterocycles. The minimum atomic E-state index is -4.44.